The molecule has 0 aliphatic carbocycles. The molecule has 0 aromatic rings. The number of hydrazine groups is 1. The van der Waals surface area contributed by atoms with Gasteiger partial charge in [0.25, 0.3) is 5.91 Å². The molecule has 2 N–H and O–H groups in total. The number of halogens is 1. The Bertz CT molecular complexity index is 147. The van der Waals surface area contributed by atoms with Crippen LogP contribution in [0.3, 0.4) is 0 Å². The number of amides is 2. The maximum Gasteiger partial charge on any atom is 0.256 e. The molecule has 0 heterocycles. The van der Waals surface area contributed by atoms with Crippen molar-refractivity contribution in [1.29, 1.82) is 0 Å². The van der Waals surface area contributed by atoms with Gasteiger partial charge in [-0.1, -0.05) is 0 Å². The van der Waals surface area contributed by atoms with Gasteiger partial charge in [-0.15, -0.1) is 11.6 Å². The van der Waals surface area contributed by atoms with Crippen molar-refractivity contribution in [2.24, 2.45) is 0 Å². The van der Waals surface area contributed by atoms with Crippen LogP contribution in [0, 0.1) is 0 Å². The van der Waals surface area contributed by atoms with Crippen LogP contribution in [0.5, 0.6) is 0 Å². The predicted octanol–water partition coefficient (Wildman–Crippen LogP) is -0.219. The van der Waals surface area contributed by atoms with Gasteiger partial charge in [-0.25, -0.2) is 0 Å². The molecule has 0 aliphatic heterocycles. The first-order valence-electron chi connectivity index (χ1n) is 2.74. The van der Waals surface area contributed by atoms with Crippen molar-refractivity contribution in [3.05, 3.63) is 0 Å². The lowest BCUT2D eigenvalue weighted by Crippen LogP contribution is -2.43. The molecular formula is C5H9ClN2O2. The molecule has 4 nitrogen and oxygen atoms in total. The fourth-order valence-electron chi connectivity index (χ4n) is 0.249. The van der Waals surface area contributed by atoms with Gasteiger partial charge in [-0.05, 0) is 6.92 Å². The summed E-state index contributed by atoms with van der Waals surface area (Å²) in [5.41, 5.74) is 4.21. The van der Waals surface area contributed by atoms with E-state index in [0.29, 0.717) is 0 Å². The molecule has 1 atom stereocenters. The third kappa shape index (κ3) is 4.14. The average molecular weight is 165 g/mol. The van der Waals surface area contributed by atoms with E-state index in [1.807, 2.05) is 0 Å². The minimum atomic E-state index is -0.633. The molecule has 0 radical (unpaired) electrons. The molecular weight excluding hydrogens is 156 g/mol. The smallest absolute Gasteiger partial charge is 0.256 e. The fourth-order valence-corrected chi connectivity index (χ4v) is 0.304. The molecule has 0 fully saturated rings. The largest absolute Gasteiger partial charge is 0.274 e. The molecule has 5 heteroatoms. The first-order valence-corrected chi connectivity index (χ1v) is 3.18. The van der Waals surface area contributed by atoms with Gasteiger partial charge in [0.2, 0.25) is 5.91 Å². The van der Waals surface area contributed by atoms with Gasteiger partial charge in [0.15, 0.2) is 0 Å². The summed E-state index contributed by atoms with van der Waals surface area (Å²) in [5.74, 6) is -0.748. The van der Waals surface area contributed by atoms with Gasteiger partial charge in [-0.2, -0.15) is 0 Å². The molecule has 0 aliphatic rings. The van der Waals surface area contributed by atoms with Gasteiger partial charge < -0.3 is 0 Å². The molecule has 0 spiro atoms. The van der Waals surface area contributed by atoms with Crippen molar-refractivity contribution in [2.75, 3.05) is 0 Å². The summed E-state index contributed by atoms with van der Waals surface area (Å²) in [5, 5.41) is -0.633. The maximum absolute atomic E-state index is 10.6. The van der Waals surface area contributed by atoms with E-state index in [9.17, 15) is 9.59 Å². The predicted molar refractivity (Wildman–Crippen MR) is 37.3 cm³/mol. The second-order valence-corrected chi connectivity index (χ2v) is 2.44. The zero-order valence-electron chi connectivity index (χ0n) is 5.77. The Hall–Kier alpha value is -0.770. The number of hydrogen-bond donors (Lipinski definition) is 2. The summed E-state index contributed by atoms with van der Waals surface area (Å²) in [6.07, 6.45) is 0. The second-order valence-electron chi connectivity index (χ2n) is 1.79. The van der Waals surface area contributed by atoms with Crippen molar-refractivity contribution < 1.29 is 9.59 Å². The van der Waals surface area contributed by atoms with Crippen LogP contribution >= 0.6 is 11.6 Å². The Morgan fingerprint density at radius 1 is 1.40 bits per heavy atom. The lowest BCUT2D eigenvalue weighted by atomic mass is 10.5. The molecule has 0 aromatic heterocycles. The van der Waals surface area contributed by atoms with Gasteiger partial charge >= 0.3 is 0 Å². The highest BCUT2D eigenvalue weighted by Crippen LogP contribution is 1.90. The van der Waals surface area contributed by atoms with E-state index in [0.717, 1.165) is 0 Å². The summed E-state index contributed by atoms with van der Waals surface area (Å²) in [6.45, 7) is 2.80. The Morgan fingerprint density at radius 2 is 1.90 bits per heavy atom. The average Bonchev–Trinajstić information content (AvgIpc) is 1.82. The summed E-state index contributed by atoms with van der Waals surface area (Å²) in [6, 6.07) is 0. The molecule has 0 saturated heterocycles. The first-order chi connectivity index (χ1) is 4.54. The Kier molecular flexibility index (Phi) is 3.79. The highest BCUT2D eigenvalue weighted by molar-refractivity contribution is 6.30. The van der Waals surface area contributed by atoms with Gasteiger partial charge in [0.1, 0.15) is 5.38 Å². The van der Waals surface area contributed by atoms with E-state index in [1.54, 1.807) is 0 Å². The third-order valence-corrected chi connectivity index (χ3v) is 0.921. The van der Waals surface area contributed by atoms with Crippen LogP contribution in [0.1, 0.15) is 13.8 Å². The zero-order chi connectivity index (χ0) is 8.15. The topological polar surface area (TPSA) is 58.2 Å². The minimum Gasteiger partial charge on any atom is -0.274 e. The van der Waals surface area contributed by atoms with Gasteiger partial charge in [0.05, 0.1) is 0 Å². The van der Waals surface area contributed by atoms with Crippen molar-refractivity contribution in [1.82, 2.24) is 10.9 Å². The Labute approximate surface area is 63.9 Å². The molecule has 0 saturated carbocycles. The van der Waals surface area contributed by atoms with Crippen molar-refractivity contribution >= 4 is 23.4 Å². The van der Waals surface area contributed by atoms with Crippen LogP contribution in [-0.4, -0.2) is 17.2 Å². The Morgan fingerprint density at radius 3 is 2.20 bits per heavy atom. The molecule has 0 rings (SSSR count). The molecule has 58 valence electrons. The summed E-state index contributed by atoms with van der Waals surface area (Å²) in [7, 11) is 0. The van der Waals surface area contributed by atoms with E-state index in [1.165, 1.54) is 13.8 Å². The summed E-state index contributed by atoms with van der Waals surface area (Å²) < 4.78 is 0. The standard InChI is InChI=1S/C5H9ClN2O2/c1-3(6)5(10)8-7-4(2)9/h3H,1-2H3,(H,7,9)(H,8,10)/t3-/m0/s1. The molecule has 10 heavy (non-hydrogen) atoms. The van der Waals surface area contributed by atoms with E-state index in [2.05, 4.69) is 10.9 Å². The van der Waals surface area contributed by atoms with E-state index < -0.39 is 11.3 Å². The van der Waals surface area contributed by atoms with Crippen molar-refractivity contribution in [3.8, 4) is 0 Å². The van der Waals surface area contributed by atoms with Crippen LogP contribution in [-0.2, 0) is 9.59 Å². The summed E-state index contributed by atoms with van der Waals surface area (Å²) in [4.78, 5) is 20.8. The van der Waals surface area contributed by atoms with Crippen LogP contribution in [0.2, 0.25) is 0 Å². The molecule has 0 aromatic carbocycles. The number of carbonyl (C=O) groups is 2. The van der Waals surface area contributed by atoms with Crippen LogP contribution in [0.25, 0.3) is 0 Å². The lowest BCUT2D eigenvalue weighted by molar-refractivity contribution is -0.127. The number of alkyl halides is 1. The second kappa shape index (κ2) is 4.11. The maximum atomic E-state index is 10.6. The van der Waals surface area contributed by atoms with Crippen LogP contribution < -0.4 is 10.9 Å². The van der Waals surface area contributed by atoms with Crippen LogP contribution in [0.4, 0.5) is 0 Å². The molecule has 0 bridgehead atoms. The van der Waals surface area contributed by atoms with E-state index in [4.69, 9.17) is 11.6 Å². The molecule has 0 unspecified atom stereocenters. The van der Waals surface area contributed by atoms with Crippen molar-refractivity contribution in [2.45, 2.75) is 19.2 Å². The first kappa shape index (κ1) is 9.23. The Balaban J connectivity index is 3.50. The number of rotatable bonds is 1. The normalized spacial score (nSPS) is 11.9. The highest BCUT2D eigenvalue weighted by atomic mass is 35.5. The highest BCUT2D eigenvalue weighted by Gasteiger charge is 2.07. The summed E-state index contributed by atoms with van der Waals surface area (Å²) >= 11 is 5.35. The third-order valence-electron chi connectivity index (χ3n) is 0.723. The number of hydrogen-bond acceptors (Lipinski definition) is 2. The van der Waals surface area contributed by atoms with Gasteiger partial charge in [0, 0.05) is 6.92 Å². The number of carbonyl (C=O) groups excluding carboxylic acids is 2. The zero-order valence-corrected chi connectivity index (χ0v) is 6.53. The van der Waals surface area contributed by atoms with E-state index >= 15 is 0 Å². The fraction of sp³-hybridized carbons (Fsp3) is 0.600. The quantitative estimate of drug-likeness (QED) is 0.416. The lowest BCUT2D eigenvalue weighted by Gasteiger charge is -2.04. The van der Waals surface area contributed by atoms with E-state index in [-0.39, 0.29) is 5.91 Å². The van der Waals surface area contributed by atoms with Crippen molar-refractivity contribution in [3.63, 3.8) is 0 Å². The minimum absolute atomic E-state index is 0.328. The van der Waals surface area contributed by atoms with Gasteiger partial charge in [-0.3, -0.25) is 20.4 Å². The number of nitrogens with one attached hydrogen (secondary N) is 2. The van der Waals surface area contributed by atoms with Crippen LogP contribution in [0.15, 0.2) is 0 Å². The monoisotopic (exact) mass is 164 g/mol. The molecule has 2 amide bonds. The SMILES string of the molecule is CC(=O)NNC(=O)[C@H](C)Cl.